The molecule has 42 valence electrons. The molecule has 0 fully saturated rings. The Morgan fingerprint density at radius 2 is 2.14 bits per heavy atom. The Morgan fingerprint density at radius 1 is 1.57 bits per heavy atom. The topological polar surface area (TPSA) is 24.4 Å². The van der Waals surface area contributed by atoms with Crippen LogP contribution in [0.5, 0.6) is 0 Å². The van der Waals surface area contributed by atoms with Gasteiger partial charge >= 0.3 is 0 Å². The highest BCUT2D eigenvalue weighted by molar-refractivity contribution is 5.52. The summed E-state index contributed by atoms with van der Waals surface area (Å²) in [6.45, 7) is 5.98. The van der Waals surface area contributed by atoms with Crippen LogP contribution in [-0.4, -0.2) is 12.3 Å². The van der Waals surface area contributed by atoms with Crippen molar-refractivity contribution in [3.63, 3.8) is 0 Å². The van der Waals surface area contributed by atoms with Gasteiger partial charge in [-0.1, -0.05) is 0 Å². The molecule has 0 aliphatic rings. The van der Waals surface area contributed by atoms with Crippen molar-refractivity contribution in [2.45, 2.75) is 26.8 Å². The second-order valence-corrected chi connectivity index (χ2v) is 1.67. The van der Waals surface area contributed by atoms with Gasteiger partial charge in [-0.2, -0.15) is 5.10 Å². The van der Waals surface area contributed by atoms with E-state index in [4.69, 9.17) is 0 Å². The summed E-state index contributed by atoms with van der Waals surface area (Å²) in [5, 5.41) is 3.80. The largest absolute Gasteiger partial charge is 0.308 e. The second kappa shape index (κ2) is 3.65. The van der Waals surface area contributed by atoms with E-state index in [9.17, 15) is 0 Å². The molecule has 1 N–H and O–H groups in total. The summed E-state index contributed by atoms with van der Waals surface area (Å²) in [4.78, 5) is 0. The third kappa shape index (κ3) is 5.47. The van der Waals surface area contributed by atoms with Crippen molar-refractivity contribution in [1.82, 2.24) is 5.43 Å². The fourth-order valence-corrected chi connectivity index (χ4v) is 0.224. The van der Waals surface area contributed by atoms with Gasteiger partial charge in [-0.3, -0.25) is 0 Å². The molecule has 0 rings (SSSR count). The average Bonchev–Trinajstić information content (AvgIpc) is 1.61. The van der Waals surface area contributed by atoms with Crippen molar-refractivity contribution in [2.24, 2.45) is 5.10 Å². The number of hydrogen-bond acceptors (Lipinski definition) is 2. The van der Waals surface area contributed by atoms with Gasteiger partial charge in [0.05, 0.1) is 0 Å². The van der Waals surface area contributed by atoms with Gasteiger partial charge in [0, 0.05) is 12.3 Å². The highest BCUT2D eigenvalue weighted by atomic mass is 15.3. The maximum absolute atomic E-state index is 3.80. The zero-order chi connectivity index (χ0) is 5.70. The molecule has 2 nitrogen and oxygen atoms in total. The van der Waals surface area contributed by atoms with E-state index in [0.717, 1.165) is 0 Å². The quantitative estimate of drug-likeness (QED) is 0.406. The monoisotopic (exact) mass is 100 g/mol. The van der Waals surface area contributed by atoms with E-state index in [0.29, 0.717) is 6.04 Å². The Bertz CT molecular complexity index is 57.1. The molecule has 0 aromatic carbocycles. The van der Waals surface area contributed by atoms with Crippen LogP contribution in [0.2, 0.25) is 0 Å². The molecule has 2 heteroatoms. The van der Waals surface area contributed by atoms with E-state index < -0.39 is 0 Å². The molecule has 0 bridgehead atoms. The Hall–Kier alpha value is -0.530. The molecule has 0 saturated heterocycles. The maximum Gasteiger partial charge on any atom is 0.0383 e. The minimum atomic E-state index is 0.455. The Balaban J connectivity index is 2.97. The van der Waals surface area contributed by atoms with Crippen LogP contribution < -0.4 is 5.43 Å². The van der Waals surface area contributed by atoms with Crippen LogP contribution in [0.4, 0.5) is 0 Å². The zero-order valence-electron chi connectivity index (χ0n) is 5.10. The molecular formula is C5H12N2. The number of hydrazone groups is 1. The number of rotatable bonds is 2. The van der Waals surface area contributed by atoms with Gasteiger partial charge in [0.15, 0.2) is 0 Å². The molecule has 0 aromatic rings. The van der Waals surface area contributed by atoms with Crippen LogP contribution in [0.15, 0.2) is 5.10 Å². The van der Waals surface area contributed by atoms with Crippen molar-refractivity contribution in [3.8, 4) is 0 Å². The van der Waals surface area contributed by atoms with Crippen LogP contribution >= 0.6 is 0 Å². The van der Waals surface area contributed by atoms with Crippen LogP contribution in [-0.2, 0) is 0 Å². The van der Waals surface area contributed by atoms with E-state index in [1.165, 1.54) is 0 Å². The van der Waals surface area contributed by atoms with E-state index in [2.05, 4.69) is 10.5 Å². The van der Waals surface area contributed by atoms with Gasteiger partial charge < -0.3 is 5.43 Å². The molecule has 7 heavy (non-hydrogen) atoms. The van der Waals surface area contributed by atoms with Gasteiger partial charge in [0.1, 0.15) is 0 Å². The molecule has 0 saturated carbocycles. The minimum Gasteiger partial charge on any atom is -0.308 e. The SMILES string of the molecule is C/C=N\NC(C)C. The predicted molar refractivity (Wildman–Crippen MR) is 32.4 cm³/mol. The van der Waals surface area contributed by atoms with Crippen molar-refractivity contribution < 1.29 is 0 Å². The average molecular weight is 100 g/mol. The molecule has 0 aliphatic heterocycles. The van der Waals surface area contributed by atoms with Crippen LogP contribution in [0.3, 0.4) is 0 Å². The number of nitrogens with one attached hydrogen (secondary N) is 1. The van der Waals surface area contributed by atoms with Crippen molar-refractivity contribution in [1.29, 1.82) is 0 Å². The first-order valence-corrected chi connectivity index (χ1v) is 2.50. The van der Waals surface area contributed by atoms with E-state index in [-0.39, 0.29) is 0 Å². The summed E-state index contributed by atoms with van der Waals surface area (Å²) >= 11 is 0. The third-order valence-electron chi connectivity index (χ3n) is 0.462. The molecule has 0 aliphatic carbocycles. The summed E-state index contributed by atoms with van der Waals surface area (Å²) in [6, 6.07) is 0.455. The zero-order valence-corrected chi connectivity index (χ0v) is 5.10. The highest BCUT2D eigenvalue weighted by Gasteiger charge is 1.80. The van der Waals surface area contributed by atoms with Crippen molar-refractivity contribution in [3.05, 3.63) is 0 Å². The Labute approximate surface area is 44.6 Å². The first-order chi connectivity index (χ1) is 3.27. The molecule has 0 spiro atoms. The molecule has 0 atom stereocenters. The molecular weight excluding hydrogens is 88.1 g/mol. The Morgan fingerprint density at radius 3 is 2.29 bits per heavy atom. The number of hydrogen-bond donors (Lipinski definition) is 1. The maximum atomic E-state index is 3.80. The van der Waals surface area contributed by atoms with E-state index in [1.807, 2.05) is 20.8 Å². The highest BCUT2D eigenvalue weighted by Crippen LogP contribution is 1.72. The lowest BCUT2D eigenvalue weighted by molar-refractivity contribution is 0.622. The lowest BCUT2D eigenvalue weighted by atomic mass is 10.4. The smallest absolute Gasteiger partial charge is 0.0383 e. The van der Waals surface area contributed by atoms with Gasteiger partial charge in [0.2, 0.25) is 0 Å². The van der Waals surface area contributed by atoms with E-state index in [1.54, 1.807) is 6.21 Å². The van der Waals surface area contributed by atoms with Crippen LogP contribution in [0.1, 0.15) is 20.8 Å². The van der Waals surface area contributed by atoms with Crippen LogP contribution in [0, 0.1) is 0 Å². The molecule has 0 aromatic heterocycles. The van der Waals surface area contributed by atoms with Crippen molar-refractivity contribution >= 4 is 6.21 Å². The van der Waals surface area contributed by atoms with E-state index >= 15 is 0 Å². The first kappa shape index (κ1) is 6.47. The fourth-order valence-electron chi connectivity index (χ4n) is 0.224. The molecule has 0 unspecified atom stereocenters. The minimum absolute atomic E-state index is 0.455. The standard InChI is InChI=1S/C5H12N2/c1-4-6-7-5(2)3/h4-5,7H,1-3H3/b6-4-. The number of nitrogens with zero attached hydrogens (tertiary/aromatic N) is 1. The molecule has 0 radical (unpaired) electrons. The Kier molecular flexibility index (Phi) is 3.38. The second-order valence-electron chi connectivity index (χ2n) is 1.67. The first-order valence-electron chi connectivity index (χ1n) is 2.50. The van der Waals surface area contributed by atoms with Crippen LogP contribution in [0.25, 0.3) is 0 Å². The summed E-state index contributed by atoms with van der Waals surface area (Å²) in [5.74, 6) is 0. The molecule has 0 amide bonds. The predicted octanol–water partition coefficient (Wildman–Crippen LogP) is 0.990. The summed E-state index contributed by atoms with van der Waals surface area (Å²) in [6.07, 6.45) is 1.74. The normalized spacial score (nSPS) is 10.9. The van der Waals surface area contributed by atoms with Gasteiger partial charge in [-0.25, -0.2) is 0 Å². The van der Waals surface area contributed by atoms with Gasteiger partial charge in [-0.05, 0) is 20.8 Å². The lowest BCUT2D eigenvalue weighted by Crippen LogP contribution is -2.15. The third-order valence-corrected chi connectivity index (χ3v) is 0.462. The summed E-state index contributed by atoms with van der Waals surface area (Å²) in [5.41, 5.74) is 2.86. The van der Waals surface area contributed by atoms with Gasteiger partial charge in [0.25, 0.3) is 0 Å². The molecule has 0 heterocycles. The fraction of sp³-hybridized carbons (Fsp3) is 0.800. The summed E-state index contributed by atoms with van der Waals surface area (Å²) in [7, 11) is 0. The van der Waals surface area contributed by atoms with Gasteiger partial charge in [-0.15, -0.1) is 0 Å². The summed E-state index contributed by atoms with van der Waals surface area (Å²) < 4.78 is 0. The lowest BCUT2D eigenvalue weighted by Gasteiger charge is -1.99. The van der Waals surface area contributed by atoms with Crippen molar-refractivity contribution in [2.75, 3.05) is 0 Å².